The Morgan fingerprint density at radius 1 is 0.971 bits per heavy atom. The number of amides is 1. The number of carbonyl (C=O) groups is 1. The first-order valence-electron chi connectivity index (χ1n) is 10.7. The summed E-state index contributed by atoms with van der Waals surface area (Å²) in [5.74, 6) is 6.29. The summed E-state index contributed by atoms with van der Waals surface area (Å²) in [6.45, 7) is 1.99. The van der Waals surface area contributed by atoms with E-state index in [2.05, 4.69) is 37.8 Å². The quantitative estimate of drug-likeness (QED) is 0.295. The third kappa shape index (κ3) is 6.28. The van der Waals surface area contributed by atoms with Gasteiger partial charge in [-0.15, -0.1) is 0 Å². The molecule has 0 atom stereocenters. The Hall–Kier alpha value is -4.54. The molecule has 0 spiro atoms. The van der Waals surface area contributed by atoms with Gasteiger partial charge in [-0.1, -0.05) is 53.9 Å². The van der Waals surface area contributed by atoms with E-state index in [1.807, 2.05) is 61.5 Å². The lowest BCUT2D eigenvalue weighted by Crippen LogP contribution is -2.09. The third-order valence-corrected chi connectivity index (χ3v) is 5.22. The molecular formula is C27H22ClN5O2. The highest BCUT2D eigenvalue weighted by Crippen LogP contribution is 2.31. The lowest BCUT2D eigenvalue weighted by Gasteiger charge is -2.14. The first-order chi connectivity index (χ1) is 17.0. The number of rotatable bonds is 6. The molecule has 0 fully saturated rings. The highest BCUT2D eigenvalue weighted by atomic mass is 35.5. The lowest BCUT2D eigenvalue weighted by molar-refractivity contribution is -0.111. The SMILES string of the molecule is COc1ccc(NC(=O)C#Cc2ccccc2)cc1Nc1ncc(Cl)c(Nc2ccccc2C)n1. The second-order valence-electron chi connectivity index (χ2n) is 7.44. The van der Waals surface area contributed by atoms with Gasteiger partial charge in [-0.25, -0.2) is 4.98 Å². The predicted molar refractivity (Wildman–Crippen MR) is 140 cm³/mol. The molecule has 0 bridgehead atoms. The first kappa shape index (κ1) is 23.6. The number of aryl methyl sites for hydroxylation is 1. The van der Waals surface area contributed by atoms with Crippen LogP contribution in [-0.2, 0) is 4.79 Å². The van der Waals surface area contributed by atoms with E-state index in [-0.39, 0.29) is 0 Å². The highest BCUT2D eigenvalue weighted by Gasteiger charge is 2.11. The summed E-state index contributed by atoms with van der Waals surface area (Å²) in [6.07, 6.45) is 1.51. The summed E-state index contributed by atoms with van der Waals surface area (Å²) >= 11 is 6.32. The molecule has 8 heteroatoms. The number of aromatic nitrogens is 2. The molecule has 3 N–H and O–H groups in total. The number of hydrogen-bond donors (Lipinski definition) is 3. The molecule has 0 aliphatic rings. The van der Waals surface area contributed by atoms with Gasteiger partial charge in [0.2, 0.25) is 5.95 Å². The van der Waals surface area contributed by atoms with Crippen molar-refractivity contribution in [2.75, 3.05) is 23.1 Å². The monoisotopic (exact) mass is 483 g/mol. The van der Waals surface area contributed by atoms with E-state index in [0.29, 0.717) is 33.9 Å². The van der Waals surface area contributed by atoms with Crippen molar-refractivity contribution in [3.8, 4) is 17.6 Å². The average molecular weight is 484 g/mol. The summed E-state index contributed by atoms with van der Waals surface area (Å²) < 4.78 is 5.45. The van der Waals surface area contributed by atoms with Crippen LogP contribution in [0.5, 0.6) is 5.75 Å². The van der Waals surface area contributed by atoms with Crippen molar-refractivity contribution in [2.24, 2.45) is 0 Å². The minimum absolute atomic E-state index is 0.302. The highest BCUT2D eigenvalue weighted by molar-refractivity contribution is 6.32. The summed E-state index contributed by atoms with van der Waals surface area (Å²) in [7, 11) is 1.55. The zero-order valence-electron chi connectivity index (χ0n) is 19.1. The summed E-state index contributed by atoms with van der Waals surface area (Å²) in [4.78, 5) is 21.1. The molecule has 174 valence electrons. The van der Waals surface area contributed by atoms with E-state index < -0.39 is 5.91 Å². The molecule has 0 saturated carbocycles. The van der Waals surface area contributed by atoms with Crippen molar-refractivity contribution in [1.29, 1.82) is 0 Å². The van der Waals surface area contributed by atoms with Gasteiger partial charge < -0.3 is 20.7 Å². The number of hydrogen-bond acceptors (Lipinski definition) is 6. The van der Waals surface area contributed by atoms with E-state index in [9.17, 15) is 4.79 Å². The van der Waals surface area contributed by atoms with E-state index in [1.165, 1.54) is 6.20 Å². The standard InChI is InChI=1S/C27H22ClN5O2/c1-18-8-6-7-11-22(18)31-26-21(28)17-29-27(33-26)32-23-16-20(13-14-24(23)35-2)30-25(34)15-12-19-9-4-3-5-10-19/h3-11,13-14,16-17H,1-2H3,(H,30,34)(H2,29,31,32,33). The van der Waals surface area contributed by atoms with Crippen LogP contribution in [0.2, 0.25) is 5.02 Å². The molecule has 1 aromatic heterocycles. The Morgan fingerprint density at radius 3 is 2.51 bits per heavy atom. The fourth-order valence-electron chi connectivity index (χ4n) is 3.17. The summed E-state index contributed by atoms with van der Waals surface area (Å²) in [6, 6.07) is 22.3. The smallest absolute Gasteiger partial charge is 0.300 e. The minimum Gasteiger partial charge on any atom is -0.495 e. The van der Waals surface area contributed by atoms with Crippen LogP contribution < -0.4 is 20.7 Å². The Kier molecular flexibility index (Phi) is 7.46. The van der Waals surface area contributed by atoms with Crippen LogP contribution in [0.15, 0.2) is 79.0 Å². The lowest BCUT2D eigenvalue weighted by atomic mass is 10.2. The van der Waals surface area contributed by atoms with Gasteiger partial charge in [-0.3, -0.25) is 4.79 Å². The van der Waals surface area contributed by atoms with Crippen molar-refractivity contribution in [1.82, 2.24) is 9.97 Å². The largest absolute Gasteiger partial charge is 0.495 e. The van der Waals surface area contributed by atoms with Gasteiger partial charge in [0.1, 0.15) is 10.8 Å². The van der Waals surface area contributed by atoms with Crippen LogP contribution in [0.1, 0.15) is 11.1 Å². The fourth-order valence-corrected chi connectivity index (χ4v) is 3.31. The van der Waals surface area contributed by atoms with E-state index in [0.717, 1.165) is 16.8 Å². The maximum absolute atomic E-state index is 12.3. The number of benzene rings is 3. The zero-order chi connectivity index (χ0) is 24.6. The number of methoxy groups -OCH3 is 1. The Bertz CT molecular complexity index is 1410. The van der Waals surface area contributed by atoms with Crippen LogP contribution in [0, 0.1) is 18.8 Å². The van der Waals surface area contributed by atoms with Gasteiger partial charge in [0.05, 0.1) is 19.0 Å². The van der Waals surface area contributed by atoms with Crippen LogP contribution in [-0.4, -0.2) is 23.0 Å². The van der Waals surface area contributed by atoms with Crippen LogP contribution >= 0.6 is 11.6 Å². The molecule has 0 aliphatic carbocycles. The number of para-hydroxylation sites is 1. The molecule has 0 radical (unpaired) electrons. The second kappa shape index (κ2) is 11.1. The molecule has 1 amide bonds. The van der Waals surface area contributed by atoms with Crippen molar-refractivity contribution in [3.05, 3.63) is 95.1 Å². The summed E-state index contributed by atoms with van der Waals surface area (Å²) in [5, 5.41) is 9.51. The van der Waals surface area contributed by atoms with Gasteiger partial charge in [0.15, 0.2) is 5.82 Å². The Morgan fingerprint density at radius 2 is 1.74 bits per heavy atom. The second-order valence-corrected chi connectivity index (χ2v) is 7.85. The molecule has 35 heavy (non-hydrogen) atoms. The number of ether oxygens (including phenoxy) is 1. The fraction of sp³-hybridized carbons (Fsp3) is 0.0741. The Labute approximate surface area is 208 Å². The zero-order valence-corrected chi connectivity index (χ0v) is 19.9. The van der Waals surface area contributed by atoms with Crippen LogP contribution in [0.4, 0.5) is 28.8 Å². The predicted octanol–water partition coefficient (Wildman–Crippen LogP) is 5.92. The van der Waals surface area contributed by atoms with Crippen molar-refractivity contribution >= 4 is 46.3 Å². The normalized spacial score (nSPS) is 10.0. The van der Waals surface area contributed by atoms with E-state index in [4.69, 9.17) is 16.3 Å². The molecule has 4 aromatic rings. The number of nitrogens with one attached hydrogen (secondary N) is 3. The molecule has 3 aromatic carbocycles. The van der Waals surface area contributed by atoms with Gasteiger partial charge in [-0.2, -0.15) is 4.98 Å². The van der Waals surface area contributed by atoms with E-state index >= 15 is 0 Å². The van der Waals surface area contributed by atoms with E-state index in [1.54, 1.807) is 25.3 Å². The molecular weight excluding hydrogens is 462 g/mol. The van der Waals surface area contributed by atoms with Gasteiger partial charge in [-0.05, 0) is 48.9 Å². The minimum atomic E-state index is -0.433. The first-order valence-corrected chi connectivity index (χ1v) is 11.1. The van der Waals surface area contributed by atoms with Crippen molar-refractivity contribution in [3.63, 3.8) is 0 Å². The molecule has 0 aliphatic heterocycles. The van der Waals surface area contributed by atoms with Crippen molar-refractivity contribution < 1.29 is 9.53 Å². The Balaban J connectivity index is 1.53. The molecule has 4 rings (SSSR count). The van der Waals surface area contributed by atoms with Gasteiger partial charge >= 0.3 is 5.91 Å². The number of nitrogens with zero attached hydrogens (tertiary/aromatic N) is 2. The third-order valence-electron chi connectivity index (χ3n) is 4.94. The molecule has 1 heterocycles. The molecule has 0 unspecified atom stereocenters. The maximum Gasteiger partial charge on any atom is 0.300 e. The van der Waals surface area contributed by atoms with Crippen molar-refractivity contribution in [2.45, 2.75) is 6.92 Å². The van der Waals surface area contributed by atoms with Crippen LogP contribution in [0.25, 0.3) is 0 Å². The molecule has 7 nitrogen and oxygen atoms in total. The topological polar surface area (TPSA) is 88.2 Å². The average Bonchev–Trinajstić information content (AvgIpc) is 2.87. The summed E-state index contributed by atoms with van der Waals surface area (Å²) in [5.41, 5.74) is 3.79. The number of anilines is 5. The molecule has 0 saturated heterocycles. The number of halogens is 1. The van der Waals surface area contributed by atoms with Crippen LogP contribution in [0.3, 0.4) is 0 Å². The van der Waals surface area contributed by atoms with Gasteiger partial charge in [0.25, 0.3) is 0 Å². The number of carbonyl (C=O) groups excluding carboxylic acids is 1. The maximum atomic E-state index is 12.3. The van der Waals surface area contributed by atoms with Gasteiger partial charge in [0, 0.05) is 22.9 Å².